The summed E-state index contributed by atoms with van der Waals surface area (Å²) in [4.78, 5) is 16.7. The van der Waals surface area contributed by atoms with Gasteiger partial charge in [-0.3, -0.25) is 4.98 Å². The van der Waals surface area contributed by atoms with Crippen molar-refractivity contribution < 1.29 is 18.7 Å². The molecule has 1 aliphatic heterocycles. The Morgan fingerprint density at radius 3 is 2.90 bits per heavy atom. The number of esters is 1. The van der Waals surface area contributed by atoms with E-state index in [0.29, 0.717) is 17.9 Å². The summed E-state index contributed by atoms with van der Waals surface area (Å²) in [6.45, 7) is 7.98. The topological polar surface area (TPSA) is 73.6 Å². The van der Waals surface area contributed by atoms with Gasteiger partial charge in [-0.15, -0.1) is 0 Å². The van der Waals surface area contributed by atoms with Crippen LogP contribution in [0.4, 0.5) is 0 Å². The van der Waals surface area contributed by atoms with Gasteiger partial charge in [-0.25, -0.2) is 4.79 Å². The molecule has 0 bridgehead atoms. The highest BCUT2D eigenvalue weighted by Gasteiger charge is 2.40. The zero-order valence-electron chi connectivity index (χ0n) is 17.7. The van der Waals surface area contributed by atoms with Crippen LogP contribution in [0.2, 0.25) is 0 Å². The molecule has 1 saturated heterocycles. The first-order chi connectivity index (χ1) is 14.5. The van der Waals surface area contributed by atoms with Crippen LogP contribution in [0.15, 0.2) is 47.1 Å². The van der Waals surface area contributed by atoms with E-state index in [9.17, 15) is 4.79 Å². The second-order valence-electron chi connectivity index (χ2n) is 7.90. The number of nitrogens with one attached hydrogen (secondary N) is 1. The molecule has 0 spiro atoms. The van der Waals surface area contributed by atoms with Gasteiger partial charge in [0.2, 0.25) is 5.76 Å². The number of benzene rings is 1. The number of pyridine rings is 1. The van der Waals surface area contributed by atoms with Crippen molar-refractivity contribution in [2.24, 2.45) is 5.92 Å². The quantitative estimate of drug-likeness (QED) is 0.601. The van der Waals surface area contributed by atoms with E-state index in [2.05, 4.69) is 23.3 Å². The van der Waals surface area contributed by atoms with Gasteiger partial charge in [0.05, 0.1) is 12.0 Å². The van der Waals surface area contributed by atoms with Gasteiger partial charge in [0.15, 0.2) is 0 Å². The van der Waals surface area contributed by atoms with Gasteiger partial charge in [0, 0.05) is 36.0 Å². The second-order valence-corrected chi connectivity index (χ2v) is 7.90. The number of rotatable bonds is 6. The van der Waals surface area contributed by atoms with Gasteiger partial charge in [0.1, 0.15) is 16.9 Å². The van der Waals surface area contributed by atoms with E-state index in [1.165, 1.54) is 0 Å². The summed E-state index contributed by atoms with van der Waals surface area (Å²) in [7, 11) is 0. The number of aryl methyl sites for hydroxylation is 1. The first-order valence-electron chi connectivity index (χ1n) is 10.5. The normalized spacial score (nSPS) is 18.7. The fourth-order valence-electron chi connectivity index (χ4n) is 4.33. The molecular weight excluding hydrogens is 380 g/mol. The number of aromatic nitrogens is 1. The van der Waals surface area contributed by atoms with Crippen LogP contribution >= 0.6 is 0 Å². The second kappa shape index (κ2) is 8.48. The Morgan fingerprint density at radius 2 is 2.20 bits per heavy atom. The van der Waals surface area contributed by atoms with Crippen LogP contribution in [-0.4, -0.2) is 30.6 Å². The zero-order valence-corrected chi connectivity index (χ0v) is 17.7. The SMILES string of the molecule is CCOC(=O)c1oc2cccc(OC(C)(c3cccnc3)C3CCCNC3)c2c1C. The molecule has 2 aromatic heterocycles. The standard InChI is InChI=1S/C24H28N2O4/c1-4-28-23(27)22-16(2)21-19(29-22)10-5-11-20(21)30-24(3,17-8-6-12-25-14-17)18-9-7-13-26-15-18/h5-6,8,10-12,14,18,26H,4,7,9,13,15H2,1-3H3. The van der Waals surface area contributed by atoms with Crippen molar-refractivity contribution in [2.45, 2.75) is 39.2 Å². The summed E-state index contributed by atoms with van der Waals surface area (Å²) < 4.78 is 17.8. The average Bonchev–Trinajstić information content (AvgIpc) is 3.13. The predicted octanol–water partition coefficient (Wildman–Crippen LogP) is 4.61. The highest BCUT2D eigenvalue weighted by molar-refractivity contribution is 5.98. The number of ether oxygens (including phenoxy) is 2. The van der Waals surface area contributed by atoms with E-state index >= 15 is 0 Å². The van der Waals surface area contributed by atoms with E-state index in [1.54, 1.807) is 13.1 Å². The highest BCUT2D eigenvalue weighted by Crippen LogP contribution is 2.42. The predicted molar refractivity (Wildman–Crippen MR) is 115 cm³/mol. The third-order valence-corrected chi connectivity index (χ3v) is 6.01. The molecule has 158 valence electrons. The smallest absolute Gasteiger partial charge is 0.374 e. The van der Waals surface area contributed by atoms with Crippen molar-refractivity contribution in [3.63, 3.8) is 0 Å². The Morgan fingerprint density at radius 1 is 1.33 bits per heavy atom. The van der Waals surface area contributed by atoms with E-state index < -0.39 is 11.6 Å². The summed E-state index contributed by atoms with van der Waals surface area (Å²) in [6, 6.07) is 9.67. The Balaban J connectivity index is 1.79. The first kappa shape index (κ1) is 20.4. The highest BCUT2D eigenvalue weighted by atomic mass is 16.5. The number of hydrogen-bond donors (Lipinski definition) is 1. The van der Waals surface area contributed by atoms with Crippen molar-refractivity contribution in [1.82, 2.24) is 10.3 Å². The number of hydrogen-bond acceptors (Lipinski definition) is 6. The lowest BCUT2D eigenvalue weighted by Crippen LogP contribution is -2.46. The Labute approximate surface area is 176 Å². The molecule has 6 nitrogen and oxygen atoms in total. The number of piperidine rings is 1. The molecular formula is C24H28N2O4. The summed E-state index contributed by atoms with van der Waals surface area (Å²) in [5.41, 5.74) is 1.80. The molecule has 3 aromatic rings. The molecule has 2 atom stereocenters. The fourth-order valence-corrected chi connectivity index (χ4v) is 4.33. The number of carbonyl (C=O) groups excluding carboxylic acids is 1. The molecule has 1 aliphatic rings. The average molecular weight is 408 g/mol. The van der Waals surface area contributed by atoms with Gasteiger partial charge in [-0.05, 0) is 58.4 Å². The largest absolute Gasteiger partial charge is 0.482 e. The minimum absolute atomic E-state index is 0.227. The van der Waals surface area contributed by atoms with Crippen LogP contribution in [0.25, 0.3) is 11.0 Å². The third-order valence-electron chi connectivity index (χ3n) is 6.01. The van der Waals surface area contributed by atoms with Gasteiger partial charge < -0.3 is 19.2 Å². The van der Waals surface area contributed by atoms with Gasteiger partial charge >= 0.3 is 5.97 Å². The van der Waals surface area contributed by atoms with Gasteiger partial charge in [-0.2, -0.15) is 0 Å². The summed E-state index contributed by atoms with van der Waals surface area (Å²) in [5, 5.41) is 4.30. The minimum Gasteiger partial charge on any atom is -0.482 e. The molecule has 6 heteroatoms. The molecule has 30 heavy (non-hydrogen) atoms. The molecule has 3 heterocycles. The molecule has 0 radical (unpaired) electrons. The van der Waals surface area contributed by atoms with Crippen molar-refractivity contribution in [2.75, 3.05) is 19.7 Å². The number of furan rings is 1. The monoisotopic (exact) mass is 408 g/mol. The summed E-state index contributed by atoms with van der Waals surface area (Å²) in [6.07, 6.45) is 5.81. The van der Waals surface area contributed by atoms with Crippen LogP contribution in [0.5, 0.6) is 5.75 Å². The van der Waals surface area contributed by atoms with Gasteiger partial charge in [0.25, 0.3) is 0 Å². The lowest BCUT2D eigenvalue weighted by molar-refractivity contribution is 0.0110. The van der Waals surface area contributed by atoms with Crippen LogP contribution in [0.3, 0.4) is 0 Å². The Kier molecular flexibility index (Phi) is 5.77. The molecule has 2 unspecified atom stereocenters. The molecule has 0 amide bonds. The fraction of sp³-hybridized carbons (Fsp3) is 0.417. The van der Waals surface area contributed by atoms with E-state index in [-0.39, 0.29) is 11.7 Å². The maximum atomic E-state index is 12.3. The molecule has 1 N–H and O–H groups in total. The van der Waals surface area contributed by atoms with Crippen molar-refractivity contribution in [3.05, 3.63) is 59.6 Å². The molecule has 0 saturated carbocycles. The van der Waals surface area contributed by atoms with E-state index in [1.807, 2.05) is 37.4 Å². The maximum absolute atomic E-state index is 12.3. The summed E-state index contributed by atoms with van der Waals surface area (Å²) in [5.74, 6) is 0.748. The van der Waals surface area contributed by atoms with Crippen LogP contribution in [0.1, 0.15) is 48.4 Å². The number of nitrogens with zero attached hydrogens (tertiary/aromatic N) is 1. The minimum atomic E-state index is -0.580. The number of carbonyl (C=O) groups is 1. The third kappa shape index (κ3) is 3.67. The van der Waals surface area contributed by atoms with E-state index in [0.717, 1.165) is 42.4 Å². The molecule has 4 rings (SSSR count). The number of fused-ring (bicyclic) bond motifs is 1. The zero-order chi connectivity index (χ0) is 21.1. The molecule has 0 aliphatic carbocycles. The molecule has 1 aromatic carbocycles. The van der Waals surface area contributed by atoms with Gasteiger partial charge in [-0.1, -0.05) is 12.1 Å². The maximum Gasteiger partial charge on any atom is 0.374 e. The van der Waals surface area contributed by atoms with Crippen molar-refractivity contribution >= 4 is 16.9 Å². The van der Waals surface area contributed by atoms with Crippen LogP contribution < -0.4 is 10.1 Å². The summed E-state index contributed by atoms with van der Waals surface area (Å²) >= 11 is 0. The lowest BCUT2D eigenvalue weighted by Gasteiger charge is -2.40. The Bertz CT molecular complexity index is 1020. The van der Waals surface area contributed by atoms with E-state index in [4.69, 9.17) is 13.9 Å². The Hall–Kier alpha value is -2.86. The molecule has 1 fully saturated rings. The lowest BCUT2D eigenvalue weighted by atomic mass is 9.79. The first-order valence-corrected chi connectivity index (χ1v) is 10.5. The van der Waals surface area contributed by atoms with Crippen molar-refractivity contribution in [1.29, 1.82) is 0 Å². The van der Waals surface area contributed by atoms with Crippen LogP contribution in [0, 0.1) is 12.8 Å². The van der Waals surface area contributed by atoms with Crippen LogP contribution in [-0.2, 0) is 10.3 Å². The van der Waals surface area contributed by atoms with Crippen molar-refractivity contribution in [3.8, 4) is 5.75 Å².